The van der Waals surface area contributed by atoms with E-state index in [0.29, 0.717) is 13.2 Å². The number of carbonyl (C=O) groups is 1. The number of nitrogens with zero attached hydrogens (tertiary/aromatic N) is 2. The van der Waals surface area contributed by atoms with E-state index in [0.717, 1.165) is 12.0 Å². The molecule has 0 radical (unpaired) electrons. The lowest BCUT2D eigenvalue weighted by Gasteiger charge is -2.29. The van der Waals surface area contributed by atoms with Gasteiger partial charge < -0.3 is 9.64 Å². The predicted octanol–water partition coefficient (Wildman–Crippen LogP) is 3.00. The van der Waals surface area contributed by atoms with Crippen LogP contribution in [0.5, 0.6) is 0 Å². The number of benzene rings is 1. The molecule has 3 rings (SSSR count). The number of hydrogen-bond acceptors (Lipinski definition) is 2. The number of rotatable bonds is 4. The minimum absolute atomic E-state index is 0.0678. The second-order valence-electron chi connectivity index (χ2n) is 6.18. The second-order valence-corrected chi connectivity index (χ2v) is 6.18. The first-order chi connectivity index (χ1) is 10.0. The molecule has 21 heavy (non-hydrogen) atoms. The fourth-order valence-electron chi connectivity index (χ4n) is 3.40. The molecule has 2 amide bonds. The van der Waals surface area contributed by atoms with Crippen molar-refractivity contribution in [3.8, 4) is 0 Å². The lowest BCUT2D eigenvalue weighted by molar-refractivity contribution is -0.0332. The summed E-state index contributed by atoms with van der Waals surface area (Å²) in [5.74, 6) is 0. The van der Waals surface area contributed by atoms with Crippen LogP contribution in [0.3, 0.4) is 0 Å². The van der Waals surface area contributed by atoms with Crippen LogP contribution in [0.4, 0.5) is 4.79 Å². The van der Waals surface area contributed by atoms with Crippen LogP contribution >= 0.6 is 0 Å². The molecule has 0 unspecified atom stereocenters. The van der Waals surface area contributed by atoms with E-state index in [1.807, 2.05) is 47.9 Å². The van der Waals surface area contributed by atoms with E-state index in [2.05, 4.69) is 18.7 Å². The van der Waals surface area contributed by atoms with Gasteiger partial charge in [0.15, 0.2) is 0 Å². The molecule has 4 nitrogen and oxygen atoms in total. The molecule has 2 fully saturated rings. The van der Waals surface area contributed by atoms with Gasteiger partial charge in [0.25, 0.3) is 0 Å². The number of hydrogen-bond donors (Lipinski definition) is 0. The van der Waals surface area contributed by atoms with Crippen LogP contribution in [0.2, 0.25) is 0 Å². The highest BCUT2D eigenvalue weighted by molar-refractivity contribution is 5.79. The first-order valence-corrected chi connectivity index (χ1v) is 7.43. The van der Waals surface area contributed by atoms with Crippen molar-refractivity contribution in [1.29, 1.82) is 0 Å². The maximum atomic E-state index is 12.8. The molecule has 2 aliphatic heterocycles. The van der Waals surface area contributed by atoms with Crippen molar-refractivity contribution in [2.24, 2.45) is 0 Å². The first-order valence-electron chi connectivity index (χ1n) is 7.43. The third-order valence-electron chi connectivity index (χ3n) is 4.42. The standard InChI is InChI=1S/C17H22N2O2/c1-4-8-14-15-12-21-17(2,3)19(15)16(20)18(14)11-13-9-6-5-7-10-13/h4-7,9-10,14-15H,1,8,11-12H2,2-3H3/t14-,15+/m0/s1. The first kappa shape index (κ1) is 14.1. The van der Waals surface area contributed by atoms with E-state index in [1.165, 1.54) is 0 Å². The molecule has 0 bridgehead atoms. The van der Waals surface area contributed by atoms with Gasteiger partial charge in [0.2, 0.25) is 0 Å². The largest absolute Gasteiger partial charge is 0.354 e. The van der Waals surface area contributed by atoms with Gasteiger partial charge in [-0.1, -0.05) is 36.4 Å². The van der Waals surface area contributed by atoms with E-state index >= 15 is 0 Å². The molecule has 4 heteroatoms. The lowest BCUT2D eigenvalue weighted by atomic mass is 10.0. The van der Waals surface area contributed by atoms with Crippen molar-refractivity contribution in [3.63, 3.8) is 0 Å². The van der Waals surface area contributed by atoms with Crippen LogP contribution in [0.25, 0.3) is 0 Å². The SMILES string of the molecule is C=CC[C@H]1[C@H]2COC(C)(C)N2C(=O)N1Cc1ccccc1. The predicted molar refractivity (Wildman–Crippen MR) is 81.6 cm³/mol. The third kappa shape index (κ3) is 2.33. The summed E-state index contributed by atoms with van der Waals surface area (Å²) in [6.07, 6.45) is 2.68. The molecule has 0 saturated carbocycles. The molecular weight excluding hydrogens is 264 g/mol. The smallest absolute Gasteiger partial charge is 0.323 e. The maximum absolute atomic E-state index is 12.8. The number of amides is 2. The molecule has 1 aromatic rings. The molecule has 1 aromatic carbocycles. The summed E-state index contributed by atoms with van der Waals surface area (Å²) in [6.45, 7) is 9.00. The van der Waals surface area contributed by atoms with Crippen molar-refractivity contribution < 1.29 is 9.53 Å². The van der Waals surface area contributed by atoms with Crippen molar-refractivity contribution in [2.45, 2.75) is 44.6 Å². The summed E-state index contributed by atoms with van der Waals surface area (Å²) < 4.78 is 5.80. The Bertz CT molecular complexity index is 541. The Labute approximate surface area is 126 Å². The van der Waals surface area contributed by atoms with E-state index in [1.54, 1.807) is 0 Å². The topological polar surface area (TPSA) is 32.8 Å². The molecule has 112 valence electrons. The number of urea groups is 1. The average molecular weight is 286 g/mol. The zero-order valence-corrected chi connectivity index (χ0v) is 12.7. The molecule has 0 aliphatic carbocycles. The van der Waals surface area contributed by atoms with Gasteiger partial charge in [-0.3, -0.25) is 4.90 Å². The minimum Gasteiger partial charge on any atom is -0.354 e. The third-order valence-corrected chi connectivity index (χ3v) is 4.42. The second kappa shape index (κ2) is 5.19. The Morgan fingerprint density at radius 2 is 2.10 bits per heavy atom. The molecule has 2 atom stereocenters. The molecule has 0 aromatic heterocycles. The molecule has 0 N–H and O–H groups in total. The fourth-order valence-corrected chi connectivity index (χ4v) is 3.40. The summed E-state index contributed by atoms with van der Waals surface area (Å²) in [7, 11) is 0. The van der Waals surface area contributed by atoms with Crippen molar-refractivity contribution in [1.82, 2.24) is 9.80 Å². The summed E-state index contributed by atoms with van der Waals surface area (Å²) in [5, 5.41) is 0. The van der Waals surface area contributed by atoms with Crippen LogP contribution in [0.1, 0.15) is 25.8 Å². The van der Waals surface area contributed by atoms with Crippen LogP contribution < -0.4 is 0 Å². The van der Waals surface area contributed by atoms with Crippen LogP contribution in [0.15, 0.2) is 43.0 Å². The highest BCUT2D eigenvalue weighted by Gasteiger charge is 2.55. The van der Waals surface area contributed by atoms with E-state index in [-0.39, 0.29) is 18.1 Å². The van der Waals surface area contributed by atoms with Gasteiger partial charge in [-0.25, -0.2) is 4.79 Å². The van der Waals surface area contributed by atoms with Crippen molar-refractivity contribution in [3.05, 3.63) is 48.6 Å². The average Bonchev–Trinajstić information content (AvgIpc) is 2.91. The molecule has 2 heterocycles. The molecule has 2 saturated heterocycles. The lowest BCUT2D eigenvalue weighted by Crippen LogP contribution is -2.45. The van der Waals surface area contributed by atoms with Gasteiger partial charge in [0.1, 0.15) is 5.72 Å². The van der Waals surface area contributed by atoms with Crippen LogP contribution in [0, 0.1) is 0 Å². The number of ether oxygens (including phenoxy) is 1. The maximum Gasteiger partial charge on any atom is 0.323 e. The molecular formula is C17H22N2O2. The van der Waals surface area contributed by atoms with Crippen molar-refractivity contribution >= 4 is 6.03 Å². The van der Waals surface area contributed by atoms with Gasteiger partial charge >= 0.3 is 6.03 Å². The van der Waals surface area contributed by atoms with Gasteiger partial charge in [-0.15, -0.1) is 6.58 Å². The Kier molecular flexibility index (Phi) is 3.49. The minimum atomic E-state index is -0.521. The zero-order valence-electron chi connectivity index (χ0n) is 12.7. The number of fused-ring (bicyclic) bond motifs is 1. The Balaban J connectivity index is 1.88. The summed E-state index contributed by atoms with van der Waals surface area (Å²) in [4.78, 5) is 16.7. The Hall–Kier alpha value is -1.81. The van der Waals surface area contributed by atoms with Gasteiger partial charge in [-0.05, 0) is 25.8 Å². The normalized spacial score (nSPS) is 27.0. The fraction of sp³-hybridized carbons (Fsp3) is 0.471. The number of carbonyl (C=O) groups excluding carboxylic acids is 1. The monoisotopic (exact) mass is 286 g/mol. The summed E-state index contributed by atoms with van der Waals surface area (Å²) in [6, 6.07) is 10.4. The van der Waals surface area contributed by atoms with Crippen molar-refractivity contribution in [2.75, 3.05) is 6.61 Å². The summed E-state index contributed by atoms with van der Waals surface area (Å²) in [5.41, 5.74) is 0.631. The van der Waals surface area contributed by atoms with E-state index in [9.17, 15) is 4.79 Å². The zero-order chi connectivity index (χ0) is 15.0. The quantitative estimate of drug-likeness (QED) is 0.797. The van der Waals surface area contributed by atoms with Gasteiger partial charge in [0, 0.05) is 6.54 Å². The molecule has 0 spiro atoms. The van der Waals surface area contributed by atoms with Crippen LogP contribution in [-0.4, -0.2) is 40.2 Å². The van der Waals surface area contributed by atoms with Gasteiger partial charge in [-0.2, -0.15) is 0 Å². The Morgan fingerprint density at radius 1 is 1.38 bits per heavy atom. The highest BCUT2D eigenvalue weighted by atomic mass is 16.5. The summed E-state index contributed by atoms with van der Waals surface area (Å²) >= 11 is 0. The Morgan fingerprint density at radius 3 is 2.76 bits per heavy atom. The van der Waals surface area contributed by atoms with E-state index < -0.39 is 5.72 Å². The van der Waals surface area contributed by atoms with E-state index in [4.69, 9.17) is 4.74 Å². The highest BCUT2D eigenvalue weighted by Crippen LogP contribution is 2.38. The molecule has 2 aliphatic rings. The van der Waals surface area contributed by atoms with Crippen LogP contribution in [-0.2, 0) is 11.3 Å². The van der Waals surface area contributed by atoms with Gasteiger partial charge in [0.05, 0.1) is 18.7 Å².